The van der Waals surface area contributed by atoms with Crippen molar-refractivity contribution in [3.63, 3.8) is 0 Å². The molecule has 0 bridgehead atoms. The van der Waals surface area contributed by atoms with E-state index < -0.39 is 17.7 Å². The summed E-state index contributed by atoms with van der Waals surface area (Å²) in [5, 5.41) is 15.0. The number of carbonyl (C=O) groups is 2. The second kappa shape index (κ2) is 9.58. The summed E-state index contributed by atoms with van der Waals surface area (Å²) < 4.78 is 45.8. The quantitative estimate of drug-likeness (QED) is 0.473. The van der Waals surface area contributed by atoms with E-state index in [1.807, 2.05) is 12.1 Å². The van der Waals surface area contributed by atoms with Crippen molar-refractivity contribution in [3.8, 4) is 11.4 Å². The van der Waals surface area contributed by atoms with Crippen molar-refractivity contribution in [2.75, 3.05) is 6.54 Å². The summed E-state index contributed by atoms with van der Waals surface area (Å²) in [7, 11) is 0. The van der Waals surface area contributed by atoms with Gasteiger partial charge in [0.1, 0.15) is 11.9 Å². The highest BCUT2D eigenvalue weighted by Crippen LogP contribution is 2.43. The second-order valence-electron chi connectivity index (χ2n) is 8.06. The number of benzene rings is 2. The molecule has 4 rings (SSSR count). The molecule has 3 aromatic rings. The van der Waals surface area contributed by atoms with Gasteiger partial charge in [-0.3, -0.25) is 9.59 Å². The molecule has 1 heterocycles. The van der Waals surface area contributed by atoms with E-state index >= 15 is 0 Å². The van der Waals surface area contributed by atoms with Gasteiger partial charge in [-0.05, 0) is 54.8 Å². The molecule has 34 heavy (non-hydrogen) atoms. The fourth-order valence-corrected chi connectivity index (χ4v) is 3.48. The number of nitrogens with zero attached hydrogens (tertiary/aromatic N) is 2. The molecule has 0 radical (unpaired) electrons. The number of rotatable bonds is 9. The summed E-state index contributed by atoms with van der Waals surface area (Å²) in [5.41, 5.74) is 0.978. The first kappa shape index (κ1) is 23.3. The molecule has 1 aliphatic carbocycles. The lowest BCUT2D eigenvalue weighted by Crippen LogP contribution is -2.26. The Morgan fingerprint density at radius 3 is 2.35 bits per heavy atom. The minimum atomic E-state index is -4.45. The van der Waals surface area contributed by atoms with Gasteiger partial charge in [0.15, 0.2) is 0 Å². The number of alkyl halides is 3. The Labute approximate surface area is 193 Å². The van der Waals surface area contributed by atoms with Gasteiger partial charge in [-0.25, -0.2) is 4.68 Å². The molecular formula is C24H22F3N3O4. The van der Waals surface area contributed by atoms with Crippen LogP contribution in [-0.2, 0) is 11.0 Å². The van der Waals surface area contributed by atoms with Crippen LogP contribution in [-0.4, -0.2) is 33.3 Å². The van der Waals surface area contributed by atoms with E-state index in [2.05, 4.69) is 10.4 Å². The molecule has 1 aromatic heterocycles. The summed E-state index contributed by atoms with van der Waals surface area (Å²) in [6.07, 6.45) is -1.10. The first-order valence-corrected chi connectivity index (χ1v) is 10.7. The number of ether oxygens (including phenoxy) is 1. The number of carboxylic acid groups (broad SMARTS) is 1. The lowest BCUT2D eigenvalue weighted by Gasteiger charge is -2.20. The highest BCUT2D eigenvalue weighted by Gasteiger charge is 2.34. The molecule has 7 nitrogen and oxygen atoms in total. The zero-order valence-electron chi connectivity index (χ0n) is 18.0. The lowest BCUT2D eigenvalue weighted by molar-refractivity contribution is -0.138. The van der Waals surface area contributed by atoms with Gasteiger partial charge in [-0.1, -0.05) is 12.1 Å². The van der Waals surface area contributed by atoms with E-state index in [-0.39, 0.29) is 25.0 Å². The van der Waals surface area contributed by atoms with Crippen LogP contribution in [0.4, 0.5) is 13.2 Å². The molecule has 0 spiro atoms. The van der Waals surface area contributed by atoms with Crippen LogP contribution in [0.3, 0.4) is 0 Å². The van der Waals surface area contributed by atoms with Gasteiger partial charge in [-0.2, -0.15) is 18.3 Å². The summed E-state index contributed by atoms with van der Waals surface area (Å²) in [6.45, 7) is 0.0514. The van der Waals surface area contributed by atoms with Gasteiger partial charge in [-0.15, -0.1) is 0 Å². The first-order chi connectivity index (χ1) is 16.2. The van der Waals surface area contributed by atoms with Gasteiger partial charge < -0.3 is 15.2 Å². The third-order valence-electron chi connectivity index (χ3n) is 5.45. The zero-order valence-corrected chi connectivity index (χ0v) is 18.0. The van der Waals surface area contributed by atoms with E-state index in [4.69, 9.17) is 9.84 Å². The van der Waals surface area contributed by atoms with Crippen LogP contribution in [0.2, 0.25) is 0 Å². The topological polar surface area (TPSA) is 93.5 Å². The lowest BCUT2D eigenvalue weighted by atomic mass is 10.0. The van der Waals surface area contributed by atoms with E-state index in [0.29, 0.717) is 22.9 Å². The highest BCUT2D eigenvalue weighted by molar-refractivity contribution is 5.94. The molecule has 1 unspecified atom stereocenters. The van der Waals surface area contributed by atoms with Crippen LogP contribution in [0, 0.1) is 5.92 Å². The number of amides is 1. The minimum absolute atomic E-state index is 0.0514. The fraction of sp³-hybridized carbons (Fsp3) is 0.292. The minimum Gasteiger partial charge on any atom is -0.485 e. The number of halogens is 3. The normalized spacial score (nSPS) is 14.4. The van der Waals surface area contributed by atoms with E-state index in [9.17, 15) is 22.8 Å². The van der Waals surface area contributed by atoms with Crippen molar-refractivity contribution in [1.29, 1.82) is 0 Å². The third kappa shape index (κ3) is 5.75. The Bertz CT molecular complexity index is 1150. The first-order valence-electron chi connectivity index (χ1n) is 10.7. The molecule has 0 aliphatic heterocycles. The molecule has 1 atom stereocenters. The van der Waals surface area contributed by atoms with Crippen LogP contribution < -0.4 is 10.1 Å². The van der Waals surface area contributed by atoms with Gasteiger partial charge in [0.25, 0.3) is 5.91 Å². The number of hydrogen-bond acceptors (Lipinski definition) is 4. The van der Waals surface area contributed by atoms with Gasteiger partial charge in [0.05, 0.1) is 23.9 Å². The van der Waals surface area contributed by atoms with Crippen LogP contribution in [0.25, 0.3) is 5.69 Å². The Morgan fingerprint density at radius 1 is 1.12 bits per heavy atom. The number of aromatic nitrogens is 2. The third-order valence-corrected chi connectivity index (χ3v) is 5.45. The van der Waals surface area contributed by atoms with Crippen LogP contribution in [0.5, 0.6) is 5.75 Å². The molecule has 2 aromatic carbocycles. The van der Waals surface area contributed by atoms with Crippen molar-refractivity contribution >= 4 is 11.9 Å². The Balaban J connectivity index is 1.42. The maximum atomic E-state index is 12.8. The molecule has 1 saturated carbocycles. The second-order valence-corrected chi connectivity index (χ2v) is 8.06. The van der Waals surface area contributed by atoms with E-state index in [1.165, 1.54) is 0 Å². The number of hydrogen-bond donors (Lipinski definition) is 2. The fourth-order valence-electron chi connectivity index (χ4n) is 3.48. The number of nitrogens with one attached hydrogen (secondary N) is 1. The molecule has 2 N–H and O–H groups in total. The number of carboxylic acids is 1. The van der Waals surface area contributed by atoms with E-state index in [0.717, 1.165) is 35.5 Å². The average molecular weight is 473 g/mol. The van der Waals surface area contributed by atoms with Gasteiger partial charge >= 0.3 is 12.1 Å². The largest absolute Gasteiger partial charge is 0.485 e. The smallest absolute Gasteiger partial charge is 0.419 e. The molecule has 1 fully saturated rings. The highest BCUT2D eigenvalue weighted by atomic mass is 19.4. The maximum Gasteiger partial charge on any atom is 0.419 e. The molecular weight excluding hydrogens is 451 g/mol. The molecule has 1 aliphatic rings. The number of carbonyl (C=O) groups excluding carboxylic acids is 1. The summed E-state index contributed by atoms with van der Waals surface area (Å²) >= 11 is 0. The SMILES string of the molecule is O=C(O)CCNC(=O)c1ccc(C(Oc2ccc(-n3cc(C(F)(F)F)cn3)cc2)C2CC2)cc1. The zero-order chi connectivity index (χ0) is 24.3. The van der Waals surface area contributed by atoms with Crippen LogP contribution >= 0.6 is 0 Å². The van der Waals surface area contributed by atoms with Crippen molar-refractivity contribution in [2.45, 2.75) is 31.5 Å². The van der Waals surface area contributed by atoms with Crippen molar-refractivity contribution in [3.05, 3.63) is 77.6 Å². The standard InChI is InChI=1S/C24H22F3N3O4/c25-24(26,27)18-13-29-30(14-18)19-7-9-20(10-8-19)34-22(15-1-2-15)16-3-5-17(6-4-16)23(33)28-12-11-21(31)32/h3-10,13-15,22H,1-2,11-12H2,(H,28,33)(H,31,32). The summed E-state index contributed by atoms with van der Waals surface area (Å²) in [6, 6.07) is 13.6. The molecule has 1 amide bonds. The predicted octanol–water partition coefficient (Wildman–Crippen LogP) is 4.63. The van der Waals surface area contributed by atoms with Crippen molar-refractivity contribution < 1.29 is 32.6 Å². The van der Waals surface area contributed by atoms with Gasteiger partial charge in [0.2, 0.25) is 0 Å². The Hall–Kier alpha value is -3.82. The predicted molar refractivity (Wildman–Crippen MR) is 116 cm³/mol. The van der Waals surface area contributed by atoms with E-state index in [1.54, 1.807) is 36.4 Å². The van der Waals surface area contributed by atoms with Crippen LogP contribution in [0.1, 0.15) is 46.9 Å². The Morgan fingerprint density at radius 2 is 1.79 bits per heavy atom. The summed E-state index contributed by atoms with van der Waals surface area (Å²) in [4.78, 5) is 22.7. The number of aliphatic carboxylic acids is 1. The average Bonchev–Trinajstić information content (AvgIpc) is 3.51. The van der Waals surface area contributed by atoms with Crippen molar-refractivity contribution in [1.82, 2.24) is 15.1 Å². The maximum absolute atomic E-state index is 12.8. The Kier molecular flexibility index (Phi) is 6.58. The van der Waals surface area contributed by atoms with Crippen molar-refractivity contribution in [2.24, 2.45) is 5.92 Å². The monoisotopic (exact) mass is 473 g/mol. The van der Waals surface area contributed by atoms with Gasteiger partial charge in [0, 0.05) is 24.2 Å². The van der Waals surface area contributed by atoms with Crippen LogP contribution in [0.15, 0.2) is 60.9 Å². The molecule has 178 valence electrons. The molecule has 0 saturated heterocycles. The summed E-state index contributed by atoms with van der Waals surface area (Å²) in [5.74, 6) is -0.432. The molecule has 10 heteroatoms.